The van der Waals surface area contributed by atoms with E-state index in [1.807, 2.05) is 11.3 Å². The predicted octanol–water partition coefficient (Wildman–Crippen LogP) is 5.23. The van der Waals surface area contributed by atoms with Gasteiger partial charge < -0.3 is 5.32 Å². The summed E-state index contributed by atoms with van der Waals surface area (Å²) in [6.07, 6.45) is 0. The van der Waals surface area contributed by atoms with Crippen molar-refractivity contribution in [1.82, 2.24) is 5.32 Å². The molecule has 1 nitrogen and oxygen atoms in total. The van der Waals surface area contributed by atoms with Crippen LogP contribution in [0.4, 0.5) is 0 Å². The minimum absolute atomic E-state index is 0.356. The van der Waals surface area contributed by atoms with Crippen molar-refractivity contribution in [2.24, 2.45) is 0 Å². The third-order valence-corrected chi connectivity index (χ3v) is 4.90. The fourth-order valence-corrected chi connectivity index (χ4v) is 3.34. The molecule has 0 saturated heterocycles. The van der Waals surface area contributed by atoms with Crippen LogP contribution in [0.25, 0.3) is 0 Å². The van der Waals surface area contributed by atoms with E-state index in [1.165, 1.54) is 16.0 Å². The smallest absolute Gasteiger partial charge is 0.0393 e. The van der Waals surface area contributed by atoms with Gasteiger partial charge >= 0.3 is 0 Å². The Kier molecular flexibility index (Phi) is 4.60. The highest BCUT2D eigenvalue weighted by atomic mass is 79.9. The van der Waals surface area contributed by atoms with E-state index in [-0.39, 0.29) is 0 Å². The van der Waals surface area contributed by atoms with Crippen LogP contribution >= 0.6 is 27.3 Å². The number of hydrogen-bond donors (Lipinski definition) is 1. The summed E-state index contributed by atoms with van der Waals surface area (Å²) >= 11 is 5.29. The van der Waals surface area contributed by atoms with Gasteiger partial charge in [-0.1, -0.05) is 28.1 Å². The fraction of sp³-hybridized carbons (Fsp3) is 0.333. The van der Waals surface area contributed by atoms with Crippen LogP contribution in [-0.4, -0.2) is 0 Å². The van der Waals surface area contributed by atoms with Crippen LogP contribution in [0.2, 0.25) is 0 Å². The topological polar surface area (TPSA) is 12.0 Å². The normalized spacial score (nSPS) is 14.4. The first-order chi connectivity index (χ1) is 8.58. The number of halogens is 1. The molecule has 2 rings (SSSR count). The monoisotopic (exact) mass is 323 g/mol. The van der Waals surface area contributed by atoms with Gasteiger partial charge in [-0.2, -0.15) is 0 Å². The second-order valence-electron chi connectivity index (χ2n) is 4.63. The van der Waals surface area contributed by atoms with Gasteiger partial charge in [-0.25, -0.2) is 0 Å². The van der Waals surface area contributed by atoms with Gasteiger partial charge in [0.1, 0.15) is 0 Å². The molecule has 0 aliphatic carbocycles. The Morgan fingerprint density at radius 1 is 1.06 bits per heavy atom. The molecule has 0 spiro atoms. The van der Waals surface area contributed by atoms with E-state index in [4.69, 9.17) is 0 Å². The van der Waals surface area contributed by atoms with Gasteiger partial charge in [0.25, 0.3) is 0 Å². The zero-order valence-corrected chi connectivity index (χ0v) is 13.3. The van der Waals surface area contributed by atoms with Crippen LogP contribution in [-0.2, 0) is 0 Å². The zero-order chi connectivity index (χ0) is 13.1. The number of nitrogens with one attached hydrogen (secondary N) is 1. The summed E-state index contributed by atoms with van der Waals surface area (Å²) in [6, 6.07) is 11.4. The third-order valence-electron chi connectivity index (χ3n) is 3.16. The first kappa shape index (κ1) is 13.8. The minimum atomic E-state index is 0.356. The largest absolute Gasteiger partial charge is 0.303 e. The number of thiophene rings is 1. The van der Waals surface area contributed by atoms with Crippen LogP contribution in [0, 0.1) is 6.92 Å². The van der Waals surface area contributed by atoms with Crippen LogP contribution in [0.5, 0.6) is 0 Å². The summed E-state index contributed by atoms with van der Waals surface area (Å²) in [7, 11) is 0. The molecule has 0 saturated carbocycles. The number of rotatable bonds is 4. The molecular weight excluding hydrogens is 306 g/mol. The molecule has 0 aliphatic heterocycles. The van der Waals surface area contributed by atoms with E-state index >= 15 is 0 Å². The fourth-order valence-electron chi connectivity index (χ4n) is 2.13. The summed E-state index contributed by atoms with van der Waals surface area (Å²) in [5.41, 5.74) is 2.70. The van der Waals surface area contributed by atoms with E-state index in [2.05, 4.69) is 77.7 Å². The van der Waals surface area contributed by atoms with Gasteiger partial charge in [-0.05, 0) is 55.5 Å². The van der Waals surface area contributed by atoms with Gasteiger partial charge in [0.15, 0.2) is 0 Å². The molecule has 0 aliphatic rings. The number of aryl methyl sites for hydroxylation is 1. The first-order valence-corrected chi connectivity index (χ1v) is 7.80. The third kappa shape index (κ3) is 3.22. The molecule has 2 atom stereocenters. The lowest BCUT2D eigenvalue weighted by Crippen LogP contribution is -2.22. The maximum Gasteiger partial charge on any atom is 0.0393 e. The highest BCUT2D eigenvalue weighted by molar-refractivity contribution is 9.10. The van der Waals surface area contributed by atoms with Crippen molar-refractivity contribution in [3.8, 4) is 0 Å². The summed E-state index contributed by atoms with van der Waals surface area (Å²) in [5, 5.41) is 5.81. The van der Waals surface area contributed by atoms with E-state index in [9.17, 15) is 0 Å². The van der Waals surface area contributed by atoms with Crippen molar-refractivity contribution in [3.63, 3.8) is 0 Å². The molecule has 0 amide bonds. The maximum absolute atomic E-state index is 3.65. The Morgan fingerprint density at radius 3 is 2.28 bits per heavy atom. The van der Waals surface area contributed by atoms with E-state index in [0.717, 1.165) is 4.47 Å². The van der Waals surface area contributed by atoms with E-state index in [0.29, 0.717) is 12.1 Å². The lowest BCUT2D eigenvalue weighted by Gasteiger charge is -2.20. The van der Waals surface area contributed by atoms with Crippen molar-refractivity contribution in [2.75, 3.05) is 0 Å². The summed E-state index contributed by atoms with van der Waals surface area (Å²) in [5.74, 6) is 0. The molecule has 96 valence electrons. The molecule has 3 heteroatoms. The molecule has 18 heavy (non-hydrogen) atoms. The predicted molar refractivity (Wildman–Crippen MR) is 83.2 cm³/mol. The van der Waals surface area contributed by atoms with Crippen LogP contribution in [0.15, 0.2) is 40.2 Å². The van der Waals surface area contributed by atoms with Crippen molar-refractivity contribution < 1.29 is 0 Å². The molecule has 0 fully saturated rings. The average Bonchev–Trinajstić information content (AvgIpc) is 2.76. The van der Waals surface area contributed by atoms with Crippen molar-refractivity contribution in [3.05, 3.63) is 56.2 Å². The van der Waals surface area contributed by atoms with Gasteiger partial charge in [-0.3, -0.25) is 0 Å². The molecule has 1 N–H and O–H groups in total. The Morgan fingerprint density at radius 2 is 1.72 bits per heavy atom. The van der Waals surface area contributed by atoms with Crippen LogP contribution < -0.4 is 5.32 Å². The molecule has 2 unspecified atom stereocenters. The standard InChI is InChI=1S/C15H18BrNS/c1-10-8-9-18-15(10)12(3)17-11(2)13-4-6-14(16)7-5-13/h4-9,11-12,17H,1-3H3. The minimum Gasteiger partial charge on any atom is -0.303 e. The van der Waals surface area contributed by atoms with Crippen molar-refractivity contribution in [1.29, 1.82) is 0 Å². The number of hydrogen-bond acceptors (Lipinski definition) is 2. The SMILES string of the molecule is Cc1ccsc1C(C)NC(C)c1ccc(Br)cc1. The highest BCUT2D eigenvalue weighted by Gasteiger charge is 2.13. The first-order valence-electron chi connectivity index (χ1n) is 6.13. The van der Waals surface area contributed by atoms with Gasteiger partial charge in [-0.15, -0.1) is 11.3 Å². The molecule has 2 aromatic rings. The Labute approximate surface area is 121 Å². The lowest BCUT2D eigenvalue weighted by molar-refractivity contribution is 0.499. The van der Waals surface area contributed by atoms with Gasteiger partial charge in [0, 0.05) is 21.4 Å². The van der Waals surface area contributed by atoms with Crippen LogP contribution in [0.3, 0.4) is 0 Å². The molecular formula is C15H18BrNS. The second kappa shape index (κ2) is 6.00. The Hall–Kier alpha value is -0.640. The van der Waals surface area contributed by atoms with Gasteiger partial charge in [0.2, 0.25) is 0 Å². The van der Waals surface area contributed by atoms with Crippen molar-refractivity contribution >= 4 is 27.3 Å². The van der Waals surface area contributed by atoms with E-state index < -0.39 is 0 Å². The molecule has 1 aromatic heterocycles. The van der Waals surface area contributed by atoms with Crippen molar-refractivity contribution in [2.45, 2.75) is 32.9 Å². The average molecular weight is 324 g/mol. The van der Waals surface area contributed by atoms with Gasteiger partial charge in [0.05, 0.1) is 0 Å². The summed E-state index contributed by atoms with van der Waals surface area (Å²) < 4.78 is 1.13. The van der Waals surface area contributed by atoms with Crippen LogP contribution in [0.1, 0.15) is 41.9 Å². The second-order valence-corrected chi connectivity index (χ2v) is 6.49. The highest BCUT2D eigenvalue weighted by Crippen LogP contribution is 2.26. The Balaban J connectivity index is 2.05. The Bertz CT molecular complexity index is 503. The molecule has 0 bridgehead atoms. The maximum atomic E-state index is 3.65. The summed E-state index contributed by atoms with van der Waals surface area (Å²) in [4.78, 5) is 1.43. The lowest BCUT2D eigenvalue weighted by atomic mass is 10.1. The summed E-state index contributed by atoms with van der Waals surface area (Å²) in [6.45, 7) is 6.62. The molecule has 1 aromatic carbocycles. The molecule has 0 radical (unpaired) electrons. The molecule has 1 heterocycles. The quantitative estimate of drug-likeness (QED) is 0.812. The van der Waals surface area contributed by atoms with E-state index in [1.54, 1.807) is 0 Å². The number of benzene rings is 1. The zero-order valence-electron chi connectivity index (χ0n) is 10.9.